The van der Waals surface area contributed by atoms with Crippen molar-refractivity contribution >= 4 is 0 Å². The molecule has 0 bridgehead atoms. The van der Waals surface area contributed by atoms with Crippen LogP contribution in [-0.4, -0.2) is 15.8 Å². The van der Waals surface area contributed by atoms with E-state index in [4.69, 9.17) is 4.42 Å². The second-order valence-electron chi connectivity index (χ2n) is 4.54. The van der Waals surface area contributed by atoms with Gasteiger partial charge in [-0.15, -0.1) is 0 Å². The first kappa shape index (κ1) is 11.2. The van der Waals surface area contributed by atoms with Gasteiger partial charge in [-0.2, -0.15) is 5.10 Å². The lowest BCUT2D eigenvalue weighted by Crippen LogP contribution is -2.21. The number of rotatable bonds is 5. The highest BCUT2D eigenvalue weighted by atomic mass is 16.3. The van der Waals surface area contributed by atoms with E-state index in [1.807, 2.05) is 12.1 Å². The maximum absolute atomic E-state index is 11.5. The van der Waals surface area contributed by atoms with E-state index in [0.29, 0.717) is 12.6 Å². The molecule has 0 atom stereocenters. The average molecular weight is 245 g/mol. The summed E-state index contributed by atoms with van der Waals surface area (Å²) in [5.41, 5.74) is -0.119. The Morgan fingerprint density at radius 2 is 2.17 bits per heavy atom. The second kappa shape index (κ2) is 4.78. The van der Waals surface area contributed by atoms with Crippen molar-refractivity contribution in [1.82, 2.24) is 15.1 Å². The van der Waals surface area contributed by atoms with Gasteiger partial charge in [0.25, 0.3) is 5.56 Å². The molecule has 1 aliphatic carbocycles. The van der Waals surface area contributed by atoms with Crippen LogP contribution in [0, 0.1) is 0 Å². The Kier molecular flexibility index (Phi) is 2.98. The van der Waals surface area contributed by atoms with Crippen LogP contribution in [0.1, 0.15) is 24.4 Å². The van der Waals surface area contributed by atoms with Crippen molar-refractivity contribution in [1.29, 1.82) is 0 Å². The zero-order valence-electron chi connectivity index (χ0n) is 10.0. The Bertz CT molecular complexity index is 584. The highest BCUT2D eigenvalue weighted by Gasteiger charge is 2.20. The Hall–Kier alpha value is -1.88. The third kappa shape index (κ3) is 2.68. The Balaban J connectivity index is 1.65. The lowest BCUT2D eigenvalue weighted by molar-refractivity contribution is 0.425. The maximum atomic E-state index is 11.5. The molecule has 0 spiro atoms. The van der Waals surface area contributed by atoms with Crippen LogP contribution < -0.4 is 10.9 Å². The molecule has 5 heteroatoms. The van der Waals surface area contributed by atoms with E-state index in [0.717, 1.165) is 18.1 Å². The maximum Gasteiger partial charge on any atom is 0.267 e. The number of nitrogens with zero attached hydrogens (tertiary/aromatic N) is 2. The molecule has 1 fully saturated rings. The molecule has 0 saturated heterocycles. The minimum atomic E-state index is -0.119. The molecule has 18 heavy (non-hydrogen) atoms. The van der Waals surface area contributed by atoms with Crippen molar-refractivity contribution in [2.24, 2.45) is 0 Å². The average Bonchev–Trinajstić information content (AvgIpc) is 3.10. The largest absolute Gasteiger partial charge is 0.463 e. The Morgan fingerprint density at radius 3 is 2.94 bits per heavy atom. The number of hydrogen-bond acceptors (Lipinski definition) is 4. The summed E-state index contributed by atoms with van der Waals surface area (Å²) in [6.45, 7) is 1.13. The smallest absolute Gasteiger partial charge is 0.267 e. The number of hydrogen-bond donors (Lipinski definition) is 1. The molecule has 0 aromatic carbocycles. The SMILES string of the molecule is O=c1cccnn1Cc1ccc(CNC2CC2)o1. The van der Waals surface area contributed by atoms with Crippen LogP contribution in [0.3, 0.4) is 0 Å². The molecule has 2 aromatic rings. The van der Waals surface area contributed by atoms with Crippen molar-refractivity contribution in [3.63, 3.8) is 0 Å². The summed E-state index contributed by atoms with van der Waals surface area (Å²) in [4.78, 5) is 11.5. The fourth-order valence-corrected chi connectivity index (χ4v) is 1.79. The van der Waals surface area contributed by atoms with Crippen LogP contribution in [-0.2, 0) is 13.1 Å². The van der Waals surface area contributed by atoms with Crippen LogP contribution in [0.5, 0.6) is 0 Å². The van der Waals surface area contributed by atoms with Gasteiger partial charge in [0, 0.05) is 18.3 Å². The second-order valence-corrected chi connectivity index (χ2v) is 4.54. The summed E-state index contributed by atoms with van der Waals surface area (Å²) in [5.74, 6) is 1.66. The van der Waals surface area contributed by atoms with Crippen molar-refractivity contribution < 1.29 is 4.42 Å². The minimum Gasteiger partial charge on any atom is -0.463 e. The van der Waals surface area contributed by atoms with Gasteiger partial charge in [-0.3, -0.25) is 4.79 Å². The normalized spacial score (nSPS) is 14.9. The van der Waals surface area contributed by atoms with Gasteiger partial charge in [-0.05, 0) is 31.0 Å². The van der Waals surface area contributed by atoms with Gasteiger partial charge in [0.1, 0.15) is 18.1 Å². The van der Waals surface area contributed by atoms with Crippen LogP contribution in [0.25, 0.3) is 0 Å². The first-order valence-electron chi connectivity index (χ1n) is 6.14. The standard InChI is InChI=1S/C13H15N3O2/c17-13-2-1-7-15-16(13)9-12-6-5-11(18-12)8-14-10-3-4-10/h1-2,5-7,10,14H,3-4,8-9H2. The zero-order chi connectivity index (χ0) is 12.4. The van der Waals surface area contributed by atoms with Crippen molar-refractivity contribution in [3.05, 3.63) is 52.3 Å². The van der Waals surface area contributed by atoms with Gasteiger partial charge >= 0.3 is 0 Å². The molecular weight excluding hydrogens is 230 g/mol. The van der Waals surface area contributed by atoms with Crippen LogP contribution in [0.15, 0.2) is 39.7 Å². The van der Waals surface area contributed by atoms with Gasteiger partial charge in [0.2, 0.25) is 0 Å². The third-order valence-corrected chi connectivity index (χ3v) is 2.95. The van der Waals surface area contributed by atoms with Crippen LogP contribution in [0.4, 0.5) is 0 Å². The molecular formula is C13H15N3O2. The quantitative estimate of drug-likeness (QED) is 0.858. The molecule has 0 unspecified atom stereocenters. The Labute approximate surface area is 104 Å². The number of nitrogens with one attached hydrogen (secondary N) is 1. The molecule has 1 N–H and O–H groups in total. The predicted octanol–water partition coefficient (Wildman–Crippen LogP) is 1.14. The van der Waals surface area contributed by atoms with Gasteiger partial charge in [-0.1, -0.05) is 0 Å². The highest BCUT2D eigenvalue weighted by Crippen LogP contribution is 2.19. The lowest BCUT2D eigenvalue weighted by Gasteiger charge is -2.01. The molecule has 2 aromatic heterocycles. The van der Waals surface area contributed by atoms with E-state index in [1.54, 1.807) is 12.3 Å². The van der Waals surface area contributed by atoms with E-state index in [-0.39, 0.29) is 5.56 Å². The molecule has 2 heterocycles. The van der Waals surface area contributed by atoms with Crippen LogP contribution in [0.2, 0.25) is 0 Å². The summed E-state index contributed by atoms with van der Waals surface area (Å²) in [6.07, 6.45) is 4.12. The van der Waals surface area contributed by atoms with Crippen LogP contribution >= 0.6 is 0 Å². The van der Waals surface area contributed by atoms with E-state index in [9.17, 15) is 4.79 Å². The lowest BCUT2D eigenvalue weighted by atomic mass is 10.4. The summed E-state index contributed by atoms with van der Waals surface area (Å²) in [6, 6.07) is 7.62. The minimum absolute atomic E-state index is 0.119. The fraction of sp³-hybridized carbons (Fsp3) is 0.385. The molecule has 0 radical (unpaired) electrons. The molecule has 3 rings (SSSR count). The summed E-state index contributed by atoms with van der Waals surface area (Å²) in [5, 5.41) is 7.38. The van der Waals surface area contributed by atoms with E-state index in [2.05, 4.69) is 10.4 Å². The summed E-state index contributed by atoms with van der Waals surface area (Å²) in [7, 11) is 0. The first-order chi connectivity index (χ1) is 8.81. The highest BCUT2D eigenvalue weighted by molar-refractivity contribution is 5.08. The van der Waals surface area contributed by atoms with E-state index in [1.165, 1.54) is 23.6 Å². The molecule has 1 saturated carbocycles. The van der Waals surface area contributed by atoms with E-state index >= 15 is 0 Å². The first-order valence-corrected chi connectivity index (χ1v) is 6.14. The van der Waals surface area contributed by atoms with Gasteiger partial charge in [-0.25, -0.2) is 4.68 Å². The summed E-state index contributed by atoms with van der Waals surface area (Å²) >= 11 is 0. The molecule has 0 aliphatic heterocycles. The molecule has 0 amide bonds. The zero-order valence-corrected chi connectivity index (χ0v) is 10.0. The van der Waals surface area contributed by atoms with Gasteiger partial charge in [0.15, 0.2) is 0 Å². The fourth-order valence-electron chi connectivity index (χ4n) is 1.79. The van der Waals surface area contributed by atoms with E-state index < -0.39 is 0 Å². The third-order valence-electron chi connectivity index (χ3n) is 2.95. The molecule has 1 aliphatic rings. The van der Waals surface area contributed by atoms with Crippen molar-refractivity contribution in [3.8, 4) is 0 Å². The molecule has 5 nitrogen and oxygen atoms in total. The van der Waals surface area contributed by atoms with Crippen molar-refractivity contribution in [2.45, 2.75) is 32.0 Å². The number of aromatic nitrogens is 2. The summed E-state index contributed by atoms with van der Waals surface area (Å²) < 4.78 is 7.04. The molecule has 94 valence electrons. The van der Waals surface area contributed by atoms with Gasteiger partial charge < -0.3 is 9.73 Å². The van der Waals surface area contributed by atoms with Gasteiger partial charge in [0.05, 0.1) is 6.54 Å². The monoisotopic (exact) mass is 245 g/mol. The van der Waals surface area contributed by atoms with Crippen molar-refractivity contribution in [2.75, 3.05) is 0 Å². The number of furan rings is 1. The Morgan fingerprint density at radius 1 is 1.33 bits per heavy atom. The predicted molar refractivity (Wildman–Crippen MR) is 66.2 cm³/mol. The topological polar surface area (TPSA) is 60.1 Å².